The monoisotopic (exact) mass is 534 g/mol. The van der Waals surface area contributed by atoms with Gasteiger partial charge in [0.1, 0.15) is 22.9 Å². The predicted molar refractivity (Wildman–Crippen MR) is 149 cm³/mol. The fourth-order valence-electron chi connectivity index (χ4n) is 5.20. The van der Waals surface area contributed by atoms with E-state index in [-0.39, 0.29) is 24.2 Å². The highest BCUT2D eigenvalue weighted by Gasteiger charge is 2.24. The first kappa shape index (κ1) is 26.0. The Morgan fingerprint density at radius 2 is 1.87 bits per heavy atom. The van der Waals surface area contributed by atoms with Gasteiger partial charge in [-0.05, 0) is 85.7 Å². The second-order valence-corrected chi connectivity index (χ2v) is 10.00. The van der Waals surface area contributed by atoms with Gasteiger partial charge in [-0.3, -0.25) is 9.20 Å². The van der Waals surface area contributed by atoms with Crippen LogP contribution in [0.5, 0.6) is 5.75 Å². The summed E-state index contributed by atoms with van der Waals surface area (Å²) in [5.41, 5.74) is 4.45. The first-order valence-electron chi connectivity index (χ1n) is 13.2. The van der Waals surface area contributed by atoms with Crippen LogP contribution in [0.1, 0.15) is 59.9 Å². The summed E-state index contributed by atoms with van der Waals surface area (Å²) in [6, 6.07) is 17.0. The molecule has 3 heterocycles. The van der Waals surface area contributed by atoms with E-state index in [1.165, 1.54) is 0 Å². The summed E-state index contributed by atoms with van der Waals surface area (Å²) in [4.78, 5) is 19.9. The molecule has 1 aliphatic heterocycles. The maximum atomic E-state index is 15.2. The fourth-order valence-corrected chi connectivity index (χ4v) is 5.36. The average Bonchev–Trinajstić information content (AvgIpc) is 3.30. The molecular weight excluding hydrogens is 503 g/mol. The van der Waals surface area contributed by atoms with Gasteiger partial charge in [-0.15, -0.1) is 0 Å². The number of hydrogen-bond acceptors (Lipinski definition) is 4. The lowest BCUT2D eigenvalue weighted by molar-refractivity contribution is 0.0944. The second-order valence-electron chi connectivity index (χ2n) is 9.56. The van der Waals surface area contributed by atoms with Crippen LogP contribution in [-0.2, 0) is 13.0 Å². The molecule has 1 aliphatic rings. The Morgan fingerprint density at radius 3 is 2.55 bits per heavy atom. The predicted octanol–water partition coefficient (Wildman–Crippen LogP) is 6.40. The lowest BCUT2D eigenvalue weighted by Crippen LogP contribution is -2.33. The Bertz CT molecular complexity index is 1430. The number of anilines is 1. The average molecular weight is 535 g/mol. The number of pyridine rings is 1. The van der Waals surface area contributed by atoms with E-state index in [0.717, 1.165) is 48.5 Å². The van der Waals surface area contributed by atoms with Crippen molar-refractivity contribution in [3.8, 4) is 5.75 Å². The van der Waals surface area contributed by atoms with Crippen LogP contribution >= 0.6 is 11.6 Å². The van der Waals surface area contributed by atoms with Crippen LogP contribution in [0.3, 0.4) is 0 Å². The second kappa shape index (κ2) is 11.4. The number of amides is 1. The van der Waals surface area contributed by atoms with Gasteiger partial charge in [0.15, 0.2) is 0 Å². The Balaban J connectivity index is 1.21. The number of imidazole rings is 1. The van der Waals surface area contributed by atoms with Crippen LogP contribution in [0.2, 0.25) is 5.02 Å². The highest BCUT2D eigenvalue weighted by molar-refractivity contribution is 6.30. The van der Waals surface area contributed by atoms with Crippen molar-refractivity contribution in [2.24, 2.45) is 0 Å². The molecular formula is C30H32ClFN4O2. The normalized spacial score (nSPS) is 14.2. The Hall–Kier alpha value is -3.58. The summed E-state index contributed by atoms with van der Waals surface area (Å²) < 4.78 is 22.4. The number of carbonyl (C=O) groups is 1. The number of rotatable bonds is 8. The number of ether oxygens (including phenoxy) is 1. The summed E-state index contributed by atoms with van der Waals surface area (Å²) in [5.74, 6) is 0.570. The molecule has 0 atom stereocenters. The molecule has 1 saturated heterocycles. The molecule has 1 N–H and O–H groups in total. The van der Waals surface area contributed by atoms with Crippen LogP contribution in [-0.4, -0.2) is 35.0 Å². The number of nitrogens with zero attached hydrogens (tertiary/aromatic N) is 3. The van der Waals surface area contributed by atoms with E-state index in [1.54, 1.807) is 28.8 Å². The van der Waals surface area contributed by atoms with E-state index in [4.69, 9.17) is 16.3 Å². The maximum Gasteiger partial charge on any atom is 0.270 e. The molecule has 2 aromatic heterocycles. The number of piperidine rings is 1. The number of hydrogen-bond donors (Lipinski definition) is 1. The topological polar surface area (TPSA) is 58.9 Å². The van der Waals surface area contributed by atoms with E-state index < -0.39 is 0 Å². The molecule has 0 spiro atoms. The van der Waals surface area contributed by atoms with E-state index in [2.05, 4.69) is 27.3 Å². The fraction of sp³-hybridized carbons (Fsp3) is 0.333. The summed E-state index contributed by atoms with van der Waals surface area (Å²) >= 11 is 6.14. The summed E-state index contributed by atoms with van der Waals surface area (Å²) in [5, 5.41) is 3.45. The lowest BCUT2D eigenvalue weighted by atomic mass is 9.88. The summed E-state index contributed by atoms with van der Waals surface area (Å²) in [6.45, 7) is 6.55. The zero-order chi connectivity index (χ0) is 26.6. The molecule has 0 radical (unpaired) electrons. The molecule has 0 aliphatic carbocycles. The molecule has 8 heteroatoms. The largest absolute Gasteiger partial charge is 0.494 e. The number of fused-ring (bicyclic) bond motifs is 1. The zero-order valence-corrected chi connectivity index (χ0v) is 22.5. The minimum atomic E-state index is -0.261. The zero-order valence-electron chi connectivity index (χ0n) is 21.7. The van der Waals surface area contributed by atoms with Crippen molar-refractivity contribution in [2.45, 2.75) is 45.6 Å². The van der Waals surface area contributed by atoms with Crippen molar-refractivity contribution < 1.29 is 13.9 Å². The van der Waals surface area contributed by atoms with Crippen molar-refractivity contribution >= 4 is 28.8 Å². The number of aromatic nitrogens is 2. The van der Waals surface area contributed by atoms with Crippen LogP contribution in [0.4, 0.5) is 10.1 Å². The van der Waals surface area contributed by atoms with Crippen molar-refractivity contribution in [3.63, 3.8) is 0 Å². The highest BCUT2D eigenvalue weighted by atomic mass is 35.5. The van der Waals surface area contributed by atoms with Crippen molar-refractivity contribution in [2.75, 3.05) is 24.6 Å². The van der Waals surface area contributed by atoms with Crippen molar-refractivity contribution in [1.29, 1.82) is 0 Å². The SMILES string of the molecule is CCOc1ccc(N2CCC(c3ccc(CNC(=O)c4c(CC)nc5ccc(Cl)cn45)cc3F)CC2)cc1. The molecule has 6 nitrogen and oxygen atoms in total. The molecule has 0 bridgehead atoms. The molecule has 2 aromatic carbocycles. The molecule has 4 aromatic rings. The van der Waals surface area contributed by atoms with E-state index in [0.29, 0.717) is 35.1 Å². The summed E-state index contributed by atoms with van der Waals surface area (Å²) in [7, 11) is 0. The molecule has 1 amide bonds. The van der Waals surface area contributed by atoms with Crippen LogP contribution < -0.4 is 15.0 Å². The minimum Gasteiger partial charge on any atom is -0.494 e. The first-order chi connectivity index (χ1) is 18.5. The van der Waals surface area contributed by atoms with Gasteiger partial charge >= 0.3 is 0 Å². The van der Waals surface area contributed by atoms with Gasteiger partial charge in [-0.25, -0.2) is 9.37 Å². The van der Waals surface area contributed by atoms with E-state index in [1.807, 2.05) is 38.1 Å². The molecule has 1 fully saturated rings. The highest BCUT2D eigenvalue weighted by Crippen LogP contribution is 2.33. The van der Waals surface area contributed by atoms with Gasteiger partial charge < -0.3 is 15.0 Å². The van der Waals surface area contributed by atoms with Crippen LogP contribution in [0.15, 0.2) is 60.8 Å². The number of aryl methyl sites for hydroxylation is 1. The quantitative estimate of drug-likeness (QED) is 0.284. The number of nitrogens with one attached hydrogen (secondary N) is 1. The number of halogens is 2. The molecule has 5 rings (SSSR count). The smallest absolute Gasteiger partial charge is 0.270 e. The van der Waals surface area contributed by atoms with Gasteiger partial charge in [-0.1, -0.05) is 30.7 Å². The maximum absolute atomic E-state index is 15.2. The lowest BCUT2D eigenvalue weighted by Gasteiger charge is -2.34. The molecule has 0 unspecified atom stereocenters. The molecule has 198 valence electrons. The van der Waals surface area contributed by atoms with Crippen molar-refractivity contribution in [3.05, 3.63) is 94.1 Å². The van der Waals surface area contributed by atoms with Crippen LogP contribution in [0, 0.1) is 5.82 Å². The molecule has 0 saturated carbocycles. The number of carbonyl (C=O) groups excluding carboxylic acids is 1. The van der Waals surface area contributed by atoms with Gasteiger partial charge in [-0.2, -0.15) is 0 Å². The minimum absolute atomic E-state index is 0.174. The summed E-state index contributed by atoms with van der Waals surface area (Å²) in [6.07, 6.45) is 4.07. The van der Waals surface area contributed by atoms with Gasteiger partial charge in [0, 0.05) is 31.5 Å². The van der Waals surface area contributed by atoms with Crippen molar-refractivity contribution in [1.82, 2.24) is 14.7 Å². The standard InChI is InChI=1S/C30H32ClFN4O2/c1-3-27-29(36-19-22(31)6-12-28(36)34-27)30(37)33-18-20-5-11-25(26(32)17-20)21-13-15-35(16-14-21)23-7-9-24(10-8-23)38-4-2/h5-12,17,19,21H,3-4,13-16,18H2,1-2H3,(H,33,37). The third-order valence-electron chi connectivity index (χ3n) is 7.17. The third-order valence-corrected chi connectivity index (χ3v) is 7.39. The number of benzene rings is 2. The van der Waals surface area contributed by atoms with Gasteiger partial charge in [0.05, 0.1) is 17.3 Å². The Morgan fingerprint density at radius 1 is 1.11 bits per heavy atom. The van der Waals surface area contributed by atoms with Crippen LogP contribution in [0.25, 0.3) is 5.65 Å². The Labute approximate surface area is 227 Å². The first-order valence-corrected chi connectivity index (χ1v) is 13.6. The van der Waals surface area contributed by atoms with Gasteiger partial charge in [0.2, 0.25) is 0 Å². The van der Waals surface area contributed by atoms with E-state index >= 15 is 4.39 Å². The van der Waals surface area contributed by atoms with E-state index in [9.17, 15) is 4.79 Å². The third kappa shape index (κ3) is 5.48. The molecule has 38 heavy (non-hydrogen) atoms. The Kier molecular flexibility index (Phi) is 7.84. The van der Waals surface area contributed by atoms with Gasteiger partial charge in [0.25, 0.3) is 5.91 Å².